The molecule has 0 saturated heterocycles. The van der Waals surface area contributed by atoms with E-state index < -0.39 is 0 Å². The molecule has 2 aromatic carbocycles. The highest BCUT2D eigenvalue weighted by Gasteiger charge is 2.31. The summed E-state index contributed by atoms with van der Waals surface area (Å²) >= 11 is 0. The molecule has 402 valence electrons. The minimum Gasteiger partial charge on any atom is -0.497 e. The molecule has 77 heavy (non-hydrogen) atoms. The quantitative estimate of drug-likeness (QED) is 0.0641. The number of hydrogen-bond donors (Lipinski definition) is 4. The van der Waals surface area contributed by atoms with E-state index in [9.17, 15) is 28.8 Å². The van der Waals surface area contributed by atoms with Gasteiger partial charge < -0.3 is 34.8 Å². The summed E-state index contributed by atoms with van der Waals surface area (Å²) in [5.41, 5.74) is 2.81. The van der Waals surface area contributed by atoms with Crippen LogP contribution in [0.3, 0.4) is 0 Å². The lowest BCUT2D eigenvalue weighted by molar-refractivity contribution is 0.202. The van der Waals surface area contributed by atoms with E-state index in [2.05, 4.69) is 40.5 Å². The van der Waals surface area contributed by atoms with E-state index >= 15 is 0 Å². The molecule has 8 aromatic rings. The Hall–Kier alpha value is -8.70. The van der Waals surface area contributed by atoms with Gasteiger partial charge >= 0.3 is 23.4 Å². The van der Waals surface area contributed by atoms with Gasteiger partial charge in [-0.3, -0.25) is 37.7 Å². The second kappa shape index (κ2) is 23.9. The number of hydrogen-bond acceptors (Lipinski definition) is 13. The van der Waals surface area contributed by atoms with Crippen molar-refractivity contribution in [3.63, 3.8) is 0 Å². The average Bonchev–Trinajstić information content (AvgIpc) is 4.40. The fourth-order valence-electron chi connectivity index (χ4n) is 8.82. The first-order valence-electron chi connectivity index (χ1n) is 25.7. The fourth-order valence-corrected chi connectivity index (χ4v) is 8.82. The molecule has 0 bridgehead atoms. The van der Waals surface area contributed by atoms with Crippen LogP contribution < -0.4 is 47.7 Å². The zero-order valence-corrected chi connectivity index (χ0v) is 43.7. The third kappa shape index (κ3) is 11.7. The van der Waals surface area contributed by atoms with Gasteiger partial charge in [0.1, 0.15) is 40.1 Å². The number of carbonyl (C=O) groups is 2. The third-order valence-electron chi connectivity index (χ3n) is 13.1. The molecule has 0 atom stereocenters. The largest absolute Gasteiger partial charge is 0.497 e. The van der Waals surface area contributed by atoms with Gasteiger partial charge in [-0.05, 0) is 92.6 Å². The predicted octanol–water partition coefficient (Wildman–Crippen LogP) is 6.44. The molecule has 23 heteroatoms. The molecule has 4 amide bonds. The number of methoxy groups -OCH3 is 3. The van der Waals surface area contributed by atoms with Crippen LogP contribution in [0.1, 0.15) is 70.0 Å². The van der Waals surface area contributed by atoms with Gasteiger partial charge in [0.15, 0.2) is 11.3 Å². The van der Waals surface area contributed by atoms with Gasteiger partial charge in [0, 0.05) is 75.1 Å². The first-order valence-corrected chi connectivity index (χ1v) is 25.7. The Kier molecular flexibility index (Phi) is 16.5. The summed E-state index contributed by atoms with van der Waals surface area (Å²) in [5, 5.41) is 5.78. The number of pyridine rings is 2. The van der Waals surface area contributed by atoms with Crippen molar-refractivity contribution in [2.75, 3.05) is 62.7 Å². The molecular weight excluding hydrogens is 989 g/mol. The van der Waals surface area contributed by atoms with Crippen LogP contribution in [-0.4, -0.2) is 108 Å². The number of imidazole rings is 2. The van der Waals surface area contributed by atoms with Crippen LogP contribution in [0, 0.1) is 0 Å². The van der Waals surface area contributed by atoms with Gasteiger partial charge in [-0.25, -0.2) is 39.1 Å². The molecule has 2 aliphatic carbocycles. The Morgan fingerprint density at radius 1 is 0.636 bits per heavy atom. The van der Waals surface area contributed by atoms with E-state index in [0.29, 0.717) is 108 Å². The van der Waals surface area contributed by atoms with E-state index in [1.54, 1.807) is 91.4 Å². The van der Waals surface area contributed by atoms with Crippen molar-refractivity contribution in [3.05, 3.63) is 138 Å². The minimum atomic E-state index is -0.370. The molecular formula is C54H62N14O9. The molecule has 0 radical (unpaired) electrons. The normalized spacial score (nSPS) is 13.1. The number of nitrogens with zero attached hydrogens (tertiary/aromatic N) is 10. The number of benzene rings is 2. The van der Waals surface area contributed by atoms with Gasteiger partial charge in [-0.2, -0.15) is 0 Å². The number of aryl methyl sites for hydroxylation is 2. The van der Waals surface area contributed by atoms with Crippen LogP contribution in [0.2, 0.25) is 0 Å². The predicted molar refractivity (Wildman–Crippen MR) is 292 cm³/mol. The van der Waals surface area contributed by atoms with Gasteiger partial charge in [0.25, 0.3) is 11.1 Å². The van der Waals surface area contributed by atoms with Crippen LogP contribution in [-0.2, 0) is 29.1 Å². The van der Waals surface area contributed by atoms with Gasteiger partial charge in [0.05, 0.1) is 33.4 Å². The van der Waals surface area contributed by atoms with Crippen molar-refractivity contribution in [3.8, 4) is 28.5 Å². The molecule has 2 saturated carbocycles. The lowest BCUT2D eigenvalue weighted by Gasteiger charge is -2.22. The van der Waals surface area contributed by atoms with Crippen LogP contribution in [0.5, 0.6) is 5.75 Å². The summed E-state index contributed by atoms with van der Waals surface area (Å²) in [5.74, 6) is 2.41. The Bertz CT molecular complexity index is 3600. The number of aromatic amines is 2. The highest BCUT2D eigenvalue weighted by molar-refractivity contribution is 6.01. The molecule has 10 rings (SSSR count). The Balaban J connectivity index is 0.000000188. The standard InChI is InChI=1S/C27H31N7O5.C27H31N7O4/c1-4-13-33-24-22(25(35)34(27(33)37)19-8-9-19)30-23(31-24)17-5-12-21(28-16-17)32(14-15-38-2)26(36)29-18-6-10-20(39-3)11-7-18;1-3-13-33-24-22(25(35)34(27(33)37)20-10-11-20)30-23(31-24)19-9-12-21(28-17-19)32(14-15-38-2)26(36)29-16-18-7-5-4-6-8-18/h5-7,10-12,16,19H,4,8-9,13-15H2,1-3H3,(H,29,36)(H,30,31);4-9,12,17,20H,3,10-11,13-16H2,1-2H3,(H,29,36)(H,30,31). The van der Waals surface area contributed by atoms with Crippen LogP contribution in [0.15, 0.2) is 110 Å². The first-order chi connectivity index (χ1) is 37.5. The SMILES string of the molecule is CCCn1c(=O)n(C2CC2)c(=O)c2[nH]c(-c3ccc(N(CCOC)C(=O)NCc4ccccc4)nc3)nc21.CCCn1c(=O)n(C2CC2)c(=O)c2[nH]c(-c3ccc(N(CCOC)C(=O)Nc4ccc(OC)cc4)nc3)nc21. The van der Waals surface area contributed by atoms with Crippen molar-refractivity contribution in [2.24, 2.45) is 0 Å². The summed E-state index contributed by atoms with van der Waals surface area (Å²) in [7, 11) is 4.72. The number of aromatic nitrogens is 10. The van der Waals surface area contributed by atoms with Crippen molar-refractivity contribution < 1.29 is 23.8 Å². The van der Waals surface area contributed by atoms with Crippen LogP contribution >= 0.6 is 0 Å². The van der Waals surface area contributed by atoms with Crippen molar-refractivity contribution >= 4 is 51.7 Å². The third-order valence-corrected chi connectivity index (χ3v) is 13.1. The maximum Gasteiger partial charge on any atom is 0.333 e. The van der Waals surface area contributed by atoms with E-state index in [1.807, 2.05) is 44.2 Å². The lowest BCUT2D eigenvalue weighted by atomic mass is 10.2. The number of amides is 4. The fraction of sp³-hybridized carbons (Fsp3) is 0.370. The Labute approximate surface area is 441 Å². The number of nitrogens with one attached hydrogen (secondary N) is 4. The molecule has 2 aliphatic rings. The molecule has 6 aromatic heterocycles. The minimum absolute atomic E-state index is 0.0404. The summed E-state index contributed by atoms with van der Waals surface area (Å²) in [6.45, 7) is 6.51. The zero-order chi connectivity index (χ0) is 54.2. The summed E-state index contributed by atoms with van der Waals surface area (Å²) < 4.78 is 21.4. The molecule has 0 unspecified atom stereocenters. The summed E-state index contributed by atoms with van der Waals surface area (Å²) in [6.07, 6.45) is 7.95. The molecule has 0 aliphatic heterocycles. The summed E-state index contributed by atoms with van der Waals surface area (Å²) in [6, 6.07) is 22.9. The number of rotatable bonds is 20. The van der Waals surface area contributed by atoms with Crippen molar-refractivity contribution in [2.45, 2.75) is 84.1 Å². The Morgan fingerprint density at radius 2 is 1.12 bits per heavy atom. The highest BCUT2D eigenvalue weighted by Crippen LogP contribution is 2.34. The van der Waals surface area contributed by atoms with Crippen LogP contribution in [0.4, 0.5) is 26.9 Å². The van der Waals surface area contributed by atoms with E-state index in [-0.39, 0.29) is 53.2 Å². The van der Waals surface area contributed by atoms with Crippen LogP contribution in [0.25, 0.3) is 45.1 Å². The van der Waals surface area contributed by atoms with Crippen molar-refractivity contribution in [1.82, 2.24) is 53.5 Å². The molecule has 2 fully saturated rings. The first kappa shape index (κ1) is 53.1. The Morgan fingerprint density at radius 3 is 1.53 bits per heavy atom. The van der Waals surface area contributed by atoms with Crippen molar-refractivity contribution in [1.29, 1.82) is 0 Å². The maximum absolute atomic E-state index is 13.1. The number of anilines is 3. The molecule has 4 N–H and O–H groups in total. The topological polar surface area (TPSA) is 264 Å². The monoisotopic (exact) mass is 1050 g/mol. The zero-order valence-electron chi connectivity index (χ0n) is 43.7. The number of ether oxygens (including phenoxy) is 3. The molecule has 0 spiro atoms. The molecule has 23 nitrogen and oxygen atoms in total. The maximum atomic E-state index is 13.1. The number of H-pyrrole nitrogens is 2. The van der Waals surface area contributed by atoms with Gasteiger partial charge in [-0.15, -0.1) is 0 Å². The second-order valence-corrected chi connectivity index (χ2v) is 18.7. The average molecular weight is 1050 g/mol. The van der Waals surface area contributed by atoms with E-state index in [1.165, 1.54) is 18.9 Å². The van der Waals surface area contributed by atoms with Gasteiger partial charge in [-0.1, -0.05) is 44.2 Å². The van der Waals surface area contributed by atoms with Gasteiger partial charge in [0.2, 0.25) is 0 Å². The second-order valence-electron chi connectivity index (χ2n) is 18.7. The lowest BCUT2D eigenvalue weighted by Crippen LogP contribution is -2.42. The summed E-state index contributed by atoms with van der Waals surface area (Å²) in [4.78, 5) is 106. The highest BCUT2D eigenvalue weighted by atomic mass is 16.5. The van der Waals surface area contributed by atoms with E-state index in [4.69, 9.17) is 14.2 Å². The van der Waals surface area contributed by atoms with E-state index in [0.717, 1.165) is 44.1 Å². The number of fused-ring (bicyclic) bond motifs is 2. The number of carbonyl (C=O) groups excluding carboxylic acids is 2. The number of urea groups is 2. The molecule has 6 heterocycles. The smallest absolute Gasteiger partial charge is 0.333 e.